The van der Waals surface area contributed by atoms with Crippen molar-refractivity contribution >= 4 is 26.8 Å². The van der Waals surface area contributed by atoms with E-state index >= 15 is 0 Å². The molecule has 1 aliphatic heterocycles. The number of hydrogen-bond acceptors (Lipinski definition) is 4. The van der Waals surface area contributed by atoms with E-state index in [0.29, 0.717) is 6.42 Å². The maximum atomic E-state index is 7.39. The highest BCUT2D eigenvalue weighted by atomic mass is 32.7. The molecular formula is C7H15BO3PS. The van der Waals surface area contributed by atoms with Gasteiger partial charge in [0.05, 0.1) is 7.38 Å². The lowest BCUT2D eigenvalue weighted by Crippen LogP contribution is -2.20. The van der Waals surface area contributed by atoms with Crippen molar-refractivity contribution in [3.8, 4) is 0 Å². The quantitative estimate of drug-likeness (QED) is 0.389. The molecule has 2 unspecified atom stereocenters. The van der Waals surface area contributed by atoms with E-state index in [4.69, 9.17) is 16.3 Å². The number of rotatable bonds is 6. The van der Waals surface area contributed by atoms with Gasteiger partial charge in [-0.1, -0.05) is 14.5 Å². The third-order valence-corrected chi connectivity index (χ3v) is 2.98. The van der Waals surface area contributed by atoms with Crippen LogP contribution in [0.3, 0.4) is 0 Å². The molecule has 0 spiro atoms. The Hall–Kier alpha value is 0.725. The van der Waals surface area contributed by atoms with E-state index in [1.54, 1.807) is 7.11 Å². The van der Waals surface area contributed by atoms with Crippen LogP contribution in [0.25, 0.3) is 0 Å². The van der Waals surface area contributed by atoms with Gasteiger partial charge in [0.2, 0.25) is 0 Å². The van der Waals surface area contributed by atoms with Gasteiger partial charge in [-0.15, -0.1) is 0 Å². The first kappa shape index (κ1) is 8.99. The van der Waals surface area contributed by atoms with Gasteiger partial charge in [-0.25, -0.2) is 0 Å². The van der Waals surface area contributed by atoms with Gasteiger partial charge in [-0.2, -0.15) is 0 Å². The summed E-state index contributed by atoms with van der Waals surface area (Å²) in [6.07, 6.45) is 1.38. The topological polar surface area (TPSA) is 27.7 Å². The lowest BCUT2D eigenvalue weighted by atomic mass is 10.1. The van der Waals surface area contributed by atoms with Gasteiger partial charge in [-0.3, -0.25) is 0 Å². The predicted molar refractivity (Wildman–Crippen MR) is 58.5 cm³/mol. The van der Waals surface area contributed by atoms with E-state index < -0.39 is 7.61 Å². The number of hydrogen-bond donors (Lipinski definition) is 0. The standard InChI is InChI=1S/C7H15BO3PS/c1-3-5-6(11-13-12-8)4-7(9-2)10-5/h5-8,12H,3-4H2,1-2H3/t5-,6+,7?,12?/m1/s1/i8T,12D. The van der Waals surface area contributed by atoms with E-state index in [2.05, 4.69) is 0 Å². The van der Waals surface area contributed by atoms with Gasteiger partial charge in [0, 0.05) is 25.2 Å². The zero-order valence-electron chi connectivity index (χ0n) is 9.80. The third-order valence-electron chi connectivity index (χ3n) is 2.04. The lowest BCUT2D eigenvalue weighted by molar-refractivity contribution is -0.117. The minimum absolute atomic E-state index is 0.0275. The molecule has 1 heterocycles. The van der Waals surface area contributed by atoms with E-state index in [9.17, 15) is 0 Å². The fraction of sp³-hybridized carbons (Fsp3) is 1.00. The van der Waals surface area contributed by atoms with Crippen LogP contribution in [0.1, 0.15) is 19.8 Å². The van der Waals surface area contributed by atoms with Crippen molar-refractivity contribution in [1.82, 2.24) is 0 Å². The molecule has 75 valence electrons. The van der Waals surface area contributed by atoms with Crippen LogP contribution >= 0.6 is 19.3 Å². The molecule has 1 rings (SSSR count). The van der Waals surface area contributed by atoms with Crippen LogP contribution in [-0.4, -0.2) is 35.8 Å². The minimum Gasteiger partial charge on any atom is -0.356 e. The molecule has 0 saturated carbocycles. The predicted octanol–water partition coefficient (Wildman–Crippen LogP) is 1.60. The van der Waals surface area contributed by atoms with Gasteiger partial charge >= 0.3 is 0 Å². The summed E-state index contributed by atoms with van der Waals surface area (Å²) in [5.41, 5.74) is 0. The van der Waals surface area contributed by atoms with Crippen molar-refractivity contribution in [3.05, 3.63) is 0 Å². The van der Waals surface area contributed by atoms with Crippen LogP contribution in [0.5, 0.6) is 0 Å². The molecule has 0 bridgehead atoms. The summed E-state index contributed by atoms with van der Waals surface area (Å²) in [6.45, 7) is 2.03. The molecule has 1 saturated heterocycles. The Balaban J connectivity index is 2.33. The summed E-state index contributed by atoms with van der Waals surface area (Å²) < 4.78 is 30.5. The van der Waals surface area contributed by atoms with E-state index in [0.717, 1.165) is 25.6 Å². The Labute approximate surface area is 89.0 Å². The highest BCUT2D eigenvalue weighted by Crippen LogP contribution is 2.34. The van der Waals surface area contributed by atoms with E-state index in [1.165, 1.54) is 0 Å². The van der Waals surface area contributed by atoms with Crippen LogP contribution in [0.4, 0.5) is 0 Å². The van der Waals surface area contributed by atoms with Crippen molar-refractivity contribution in [2.45, 2.75) is 38.3 Å². The first-order valence-corrected chi connectivity index (χ1v) is 6.53. The molecule has 4 atom stereocenters. The zero-order chi connectivity index (χ0) is 11.3. The van der Waals surface area contributed by atoms with Gasteiger partial charge < -0.3 is 13.7 Å². The summed E-state index contributed by atoms with van der Waals surface area (Å²) in [7, 11) is 1.47. The smallest absolute Gasteiger partial charge is 0.160 e. The second kappa shape index (κ2) is 6.25. The molecule has 6 heteroatoms. The number of ether oxygens (including phenoxy) is 2. The molecule has 1 aliphatic rings. The van der Waals surface area contributed by atoms with Crippen LogP contribution < -0.4 is 0 Å². The summed E-state index contributed by atoms with van der Waals surface area (Å²) in [4.78, 5) is 0. The first-order valence-electron chi connectivity index (χ1n) is 5.25. The average molecular weight is 224 g/mol. The normalized spacial score (nSPS) is 38.2. The fourth-order valence-electron chi connectivity index (χ4n) is 1.37. The molecule has 1 radical (unpaired) electrons. The molecule has 0 amide bonds. The largest absolute Gasteiger partial charge is 0.356 e. The van der Waals surface area contributed by atoms with Gasteiger partial charge in [0.1, 0.15) is 13.6 Å². The van der Waals surface area contributed by atoms with Gasteiger partial charge in [0.25, 0.3) is 0 Å². The first-order chi connectivity index (χ1) is 7.21. The molecule has 0 aromatic carbocycles. The van der Waals surface area contributed by atoms with Crippen molar-refractivity contribution < 1.29 is 13.7 Å². The van der Waals surface area contributed by atoms with Crippen molar-refractivity contribution in [3.63, 3.8) is 0 Å². The second-order valence-electron chi connectivity index (χ2n) is 2.80. The maximum absolute atomic E-state index is 7.39. The summed E-state index contributed by atoms with van der Waals surface area (Å²) in [5, 5.41) is 0. The highest BCUT2D eigenvalue weighted by molar-refractivity contribution is 8.53. The Bertz CT molecular complexity index is 194. The Kier molecular flexibility index (Phi) is 4.32. The fourth-order valence-corrected chi connectivity index (χ4v) is 2.22. The van der Waals surface area contributed by atoms with Crippen molar-refractivity contribution in [2.75, 3.05) is 7.11 Å². The van der Waals surface area contributed by atoms with E-state index in [1.807, 2.05) is 6.92 Å². The lowest BCUT2D eigenvalue weighted by Gasteiger charge is -2.15. The monoisotopic (exact) mass is 224 g/mol. The van der Waals surface area contributed by atoms with Crippen LogP contribution in [0.2, 0.25) is 0 Å². The number of methoxy groups -OCH3 is 1. The average Bonchev–Trinajstić information content (AvgIpc) is 2.68. The molecule has 3 nitrogen and oxygen atoms in total. The minimum atomic E-state index is -1.25. The Morgan fingerprint density at radius 2 is 2.85 bits per heavy atom. The zero-order valence-corrected chi connectivity index (χ0v) is 9.51. The van der Waals surface area contributed by atoms with Crippen LogP contribution in [-0.2, 0) is 13.7 Å². The van der Waals surface area contributed by atoms with Crippen molar-refractivity contribution in [1.29, 1.82) is 2.61 Å². The third kappa shape index (κ3) is 3.41. The molecule has 1 fully saturated rings. The maximum Gasteiger partial charge on any atom is 0.160 e. The van der Waals surface area contributed by atoms with E-state index in [-0.39, 0.29) is 18.5 Å². The summed E-state index contributed by atoms with van der Waals surface area (Å²) in [6, 6.07) is 0. The molecule has 13 heavy (non-hydrogen) atoms. The molecular weight excluding hydrogens is 206 g/mol. The summed E-state index contributed by atoms with van der Waals surface area (Å²) in [5.74, 6) is 0. The molecule has 0 aromatic rings. The van der Waals surface area contributed by atoms with Crippen LogP contribution in [0, 0.1) is 0 Å². The highest BCUT2D eigenvalue weighted by Gasteiger charge is 2.35. The van der Waals surface area contributed by atoms with Crippen LogP contribution in [0.15, 0.2) is 0 Å². The Morgan fingerprint density at radius 3 is 3.46 bits per heavy atom. The van der Waals surface area contributed by atoms with Gasteiger partial charge in [0.15, 0.2) is 6.29 Å². The summed E-state index contributed by atoms with van der Waals surface area (Å²) >= 11 is 1.06. The Morgan fingerprint density at radius 1 is 2.00 bits per heavy atom. The van der Waals surface area contributed by atoms with Crippen molar-refractivity contribution in [2.24, 2.45) is 0 Å². The second-order valence-corrected chi connectivity index (χ2v) is 4.43. The SMILES string of the molecule is [2H]P([B][3H])SO[C@H]1CC(OC)O[C@@H]1CC. The van der Waals surface area contributed by atoms with Gasteiger partial charge in [-0.05, 0) is 7.76 Å². The molecule has 0 N–H and O–H groups in total. The molecule has 0 aliphatic carbocycles. The molecule has 0 aromatic heterocycles.